The van der Waals surface area contributed by atoms with E-state index in [1.165, 1.54) is 0 Å². The fraction of sp³-hybridized carbons (Fsp3) is 0.417. The molecule has 7 nitrogen and oxygen atoms in total. The monoisotopic (exact) mass is 424 g/mol. The number of fused-ring (bicyclic) bond motifs is 1. The fourth-order valence-electron chi connectivity index (χ4n) is 4.02. The van der Waals surface area contributed by atoms with Crippen LogP contribution < -0.4 is 19.1 Å². The molecular weight excluding hydrogens is 396 g/mol. The van der Waals surface area contributed by atoms with Crippen LogP contribution in [0.3, 0.4) is 0 Å². The van der Waals surface area contributed by atoms with E-state index >= 15 is 0 Å². The van der Waals surface area contributed by atoms with Crippen molar-refractivity contribution in [2.45, 2.75) is 26.8 Å². The third-order valence-electron chi connectivity index (χ3n) is 5.61. The molecule has 4 rings (SSSR count). The molecule has 1 fully saturated rings. The summed E-state index contributed by atoms with van der Waals surface area (Å²) in [5, 5.41) is 0. The highest BCUT2D eigenvalue weighted by atomic mass is 16.6. The molecule has 1 saturated heterocycles. The number of benzene rings is 2. The first-order chi connectivity index (χ1) is 15.1. The second-order valence-electron chi connectivity index (χ2n) is 7.66. The van der Waals surface area contributed by atoms with Gasteiger partial charge in [-0.15, -0.1) is 0 Å². The van der Waals surface area contributed by atoms with Crippen LogP contribution in [0.2, 0.25) is 0 Å². The zero-order valence-electron chi connectivity index (χ0n) is 18.0. The quantitative estimate of drug-likeness (QED) is 0.683. The molecule has 164 valence electrons. The lowest BCUT2D eigenvalue weighted by Crippen LogP contribution is -2.37. The van der Waals surface area contributed by atoms with Crippen molar-refractivity contribution >= 4 is 17.5 Å². The Bertz CT molecular complexity index is 943. The molecule has 2 amide bonds. The minimum absolute atomic E-state index is 0.000763. The maximum atomic E-state index is 13.2. The van der Waals surface area contributed by atoms with E-state index in [1.807, 2.05) is 56.3 Å². The smallest absolute Gasteiger partial charge is 0.228 e. The van der Waals surface area contributed by atoms with Crippen molar-refractivity contribution < 1.29 is 23.8 Å². The van der Waals surface area contributed by atoms with Gasteiger partial charge in [0.2, 0.25) is 11.8 Å². The van der Waals surface area contributed by atoms with Crippen molar-refractivity contribution in [2.24, 2.45) is 5.92 Å². The largest absolute Gasteiger partial charge is 0.494 e. The van der Waals surface area contributed by atoms with Gasteiger partial charge in [0.1, 0.15) is 19.0 Å². The maximum Gasteiger partial charge on any atom is 0.228 e. The highest BCUT2D eigenvalue weighted by Crippen LogP contribution is 2.32. The molecule has 0 radical (unpaired) electrons. The van der Waals surface area contributed by atoms with Gasteiger partial charge in [-0.05, 0) is 55.8 Å². The van der Waals surface area contributed by atoms with Crippen LogP contribution in [0, 0.1) is 5.92 Å². The SMILES string of the molecule is CCOc1ccc(N2C[C@H](C(=O)N(CC)Cc3ccc4c(c3)OCCO4)CC2=O)cc1. The number of hydrogen-bond donors (Lipinski definition) is 0. The zero-order chi connectivity index (χ0) is 21.8. The first-order valence-corrected chi connectivity index (χ1v) is 10.8. The summed E-state index contributed by atoms with van der Waals surface area (Å²) in [7, 11) is 0. The van der Waals surface area contributed by atoms with Crippen LogP contribution >= 0.6 is 0 Å². The molecule has 2 aromatic rings. The molecule has 0 saturated carbocycles. The lowest BCUT2D eigenvalue weighted by molar-refractivity contribution is -0.136. The van der Waals surface area contributed by atoms with E-state index in [1.54, 1.807) is 9.80 Å². The number of anilines is 1. The first kappa shape index (κ1) is 21.0. The Hall–Kier alpha value is -3.22. The van der Waals surface area contributed by atoms with E-state index in [0.29, 0.717) is 45.2 Å². The number of ether oxygens (including phenoxy) is 3. The molecule has 2 aromatic carbocycles. The van der Waals surface area contributed by atoms with Crippen molar-refractivity contribution in [1.82, 2.24) is 4.90 Å². The van der Waals surface area contributed by atoms with Gasteiger partial charge in [-0.1, -0.05) is 6.07 Å². The van der Waals surface area contributed by atoms with E-state index < -0.39 is 0 Å². The number of rotatable bonds is 7. The van der Waals surface area contributed by atoms with Crippen molar-refractivity contribution in [3.63, 3.8) is 0 Å². The van der Waals surface area contributed by atoms with E-state index in [9.17, 15) is 9.59 Å². The van der Waals surface area contributed by atoms with Crippen LogP contribution in [0.4, 0.5) is 5.69 Å². The highest BCUT2D eigenvalue weighted by Gasteiger charge is 2.37. The third kappa shape index (κ3) is 4.60. The molecule has 31 heavy (non-hydrogen) atoms. The van der Waals surface area contributed by atoms with Crippen LogP contribution in [-0.4, -0.2) is 49.6 Å². The van der Waals surface area contributed by atoms with Crippen molar-refractivity contribution in [3.8, 4) is 17.2 Å². The topological polar surface area (TPSA) is 68.3 Å². The second kappa shape index (κ2) is 9.29. The summed E-state index contributed by atoms with van der Waals surface area (Å²) < 4.78 is 16.7. The number of amides is 2. The van der Waals surface area contributed by atoms with E-state index in [4.69, 9.17) is 14.2 Å². The van der Waals surface area contributed by atoms with Gasteiger partial charge in [0, 0.05) is 31.7 Å². The molecule has 0 aliphatic carbocycles. The van der Waals surface area contributed by atoms with Gasteiger partial charge >= 0.3 is 0 Å². The van der Waals surface area contributed by atoms with Crippen LogP contribution in [0.25, 0.3) is 0 Å². The standard InChI is InChI=1S/C24H28N2O5/c1-3-25(15-17-5-10-21-22(13-17)31-12-11-30-21)24(28)18-14-23(27)26(16-18)19-6-8-20(9-7-19)29-4-2/h5-10,13,18H,3-4,11-12,14-16H2,1-2H3/t18-/m1/s1. The molecule has 0 unspecified atom stereocenters. The fourth-order valence-corrected chi connectivity index (χ4v) is 4.02. The minimum Gasteiger partial charge on any atom is -0.494 e. The minimum atomic E-state index is -0.351. The lowest BCUT2D eigenvalue weighted by Gasteiger charge is -2.25. The van der Waals surface area contributed by atoms with Crippen LogP contribution in [-0.2, 0) is 16.1 Å². The number of hydrogen-bond acceptors (Lipinski definition) is 5. The Morgan fingerprint density at radius 2 is 1.84 bits per heavy atom. The van der Waals surface area contributed by atoms with E-state index in [2.05, 4.69) is 0 Å². The van der Waals surface area contributed by atoms with Gasteiger partial charge in [0.05, 0.1) is 12.5 Å². The maximum absolute atomic E-state index is 13.2. The molecule has 0 spiro atoms. The summed E-state index contributed by atoms with van der Waals surface area (Å²) in [5.41, 5.74) is 1.77. The van der Waals surface area contributed by atoms with Crippen LogP contribution in [0.15, 0.2) is 42.5 Å². The predicted molar refractivity (Wildman–Crippen MR) is 117 cm³/mol. The van der Waals surface area contributed by atoms with E-state index in [0.717, 1.165) is 22.7 Å². The highest BCUT2D eigenvalue weighted by molar-refractivity contribution is 6.00. The predicted octanol–water partition coefficient (Wildman–Crippen LogP) is 3.26. The van der Waals surface area contributed by atoms with Crippen molar-refractivity contribution in [2.75, 3.05) is 37.8 Å². The molecule has 2 aliphatic heterocycles. The van der Waals surface area contributed by atoms with Gasteiger partial charge in [0.25, 0.3) is 0 Å². The average molecular weight is 424 g/mol. The first-order valence-electron chi connectivity index (χ1n) is 10.8. The summed E-state index contributed by atoms with van der Waals surface area (Å²) in [6, 6.07) is 13.2. The molecule has 7 heteroatoms. The Labute approximate surface area is 182 Å². The molecule has 0 N–H and O–H groups in total. The van der Waals surface area contributed by atoms with Gasteiger partial charge in [-0.3, -0.25) is 9.59 Å². The molecule has 0 aromatic heterocycles. The summed E-state index contributed by atoms with van der Waals surface area (Å²) in [5.74, 6) is 1.83. The van der Waals surface area contributed by atoms with Gasteiger partial charge < -0.3 is 24.0 Å². The van der Waals surface area contributed by atoms with Crippen molar-refractivity contribution in [1.29, 1.82) is 0 Å². The van der Waals surface area contributed by atoms with Gasteiger partial charge in [-0.2, -0.15) is 0 Å². The summed E-state index contributed by atoms with van der Waals surface area (Å²) in [6.45, 7) is 6.99. The summed E-state index contributed by atoms with van der Waals surface area (Å²) in [6.07, 6.45) is 0.226. The normalized spacial score (nSPS) is 17.5. The second-order valence-corrected chi connectivity index (χ2v) is 7.66. The van der Waals surface area contributed by atoms with Gasteiger partial charge in [-0.25, -0.2) is 0 Å². The van der Waals surface area contributed by atoms with E-state index in [-0.39, 0.29) is 24.2 Å². The van der Waals surface area contributed by atoms with Crippen LogP contribution in [0.1, 0.15) is 25.8 Å². The molecule has 2 aliphatic rings. The number of carbonyl (C=O) groups is 2. The average Bonchev–Trinajstić information content (AvgIpc) is 3.19. The molecule has 0 bridgehead atoms. The zero-order valence-corrected chi connectivity index (χ0v) is 18.0. The van der Waals surface area contributed by atoms with Gasteiger partial charge in [0.15, 0.2) is 11.5 Å². The number of nitrogens with zero attached hydrogens (tertiary/aromatic N) is 2. The molecule has 2 heterocycles. The Kier molecular flexibility index (Phi) is 6.30. The Morgan fingerprint density at radius 3 is 2.55 bits per heavy atom. The number of carbonyl (C=O) groups excluding carboxylic acids is 2. The Morgan fingerprint density at radius 1 is 1.10 bits per heavy atom. The summed E-state index contributed by atoms with van der Waals surface area (Å²) in [4.78, 5) is 29.3. The summed E-state index contributed by atoms with van der Waals surface area (Å²) >= 11 is 0. The molecule has 1 atom stereocenters. The van der Waals surface area contributed by atoms with Crippen LogP contribution in [0.5, 0.6) is 17.2 Å². The molecular formula is C24H28N2O5. The Balaban J connectivity index is 1.42. The van der Waals surface area contributed by atoms with Crippen molar-refractivity contribution in [3.05, 3.63) is 48.0 Å². The third-order valence-corrected chi connectivity index (χ3v) is 5.61. The lowest BCUT2D eigenvalue weighted by atomic mass is 10.1.